The van der Waals surface area contributed by atoms with E-state index in [-0.39, 0.29) is 0 Å². The van der Waals surface area contributed by atoms with Gasteiger partial charge in [0.2, 0.25) is 0 Å². The Morgan fingerprint density at radius 3 is 2.38 bits per heavy atom. The maximum absolute atomic E-state index is 2.31. The molecule has 0 aromatic carbocycles. The van der Waals surface area contributed by atoms with Gasteiger partial charge in [-0.05, 0) is 30.1 Å². The highest BCUT2D eigenvalue weighted by atomic mass is 33.5. The van der Waals surface area contributed by atoms with E-state index in [0.717, 1.165) is 0 Å². The Morgan fingerprint density at radius 1 is 1.38 bits per heavy atom. The molecule has 0 atom stereocenters. The molecule has 1 aliphatic heterocycles. The minimum atomic E-state index is 0.538. The minimum Gasteiger partial charge on any atom is -0.0825 e. The highest BCUT2D eigenvalue weighted by Gasteiger charge is 2.22. The molecular weight excluding hydrogens is 156 g/mol. The predicted molar refractivity (Wildman–Crippen MR) is 46.3 cm³/mol. The van der Waals surface area contributed by atoms with Crippen LogP contribution in [-0.2, 0) is 0 Å². The largest absolute Gasteiger partial charge is 0.0825 e. The van der Waals surface area contributed by atoms with Crippen LogP contribution in [0.25, 0.3) is 0 Å². The normalized spacial score (nSPS) is 27.8. The zero-order chi connectivity index (χ0) is 6.04. The summed E-state index contributed by atoms with van der Waals surface area (Å²) in [6.07, 6.45) is 1.36. The van der Waals surface area contributed by atoms with Crippen LogP contribution in [0.4, 0.5) is 0 Å². The summed E-state index contributed by atoms with van der Waals surface area (Å²) in [6.45, 7) is 4.62. The van der Waals surface area contributed by atoms with Crippen molar-refractivity contribution >= 4 is 31.4 Å². The van der Waals surface area contributed by atoms with Crippen LogP contribution < -0.4 is 0 Å². The Hall–Kier alpha value is 1.05. The summed E-state index contributed by atoms with van der Waals surface area (Å²) >= 11 is 0. The molecule has 0 nitrogen and oxygen atoms in total. The van der Waals surface area contributed by atoms with Crippen molar-refractivity contribution in [2.24, 2.45) is 0 Å². The summed E-state index contributed by atoms with van der Waals surface area (Å²) in [7, 11) is 5.91. The molecule has 3 heteroatoms. The van der Waals surface area contributed by atoms with Gasteiger partial charge in [0.1, 0.15) is 0 Å². The van der Waals surface area contributed by atoms with E-state index in [2.05, 4.69) is 13.8 Å². The second-order valence-electron chi connectivity index (χ2n) is 2.48. The van der Waals surface area contributed by atoms with Gasteiger partial charge in [-0.1, -0.05) is 21.6 Å². The SMILES string of the molecule is CC1(C)CCSSS1. The Morgan fingerprint density at radius 2 is 2.12 bits per heavy atom. The molecule has 1 fully saturated rings. The molecule has 0 saturated carbocycles. The molecule has 0 aliphatic carbocycles. The zero-order valence-corrected chi connectivity index (χ0v) is 7.59. The maximum Gasteiger partial charge on any atom is 0.0223 e. The first kappa shape index (κ1) is 7.16. The molecule has 1 aliphatic rings. The average Bonchev–Trinajstić information content (AvgIpc) is 1.65. The van der Waals surface area contributed by atoms with Gasteiger partial charge in [-0.25, -0.2) is 0 Å². The van der Waals surface area contributed by atoms with E-state index < -0.39 is 0 Å². The first-order valence-corrected chi connectivity index (χ1v) is 6.33. The lowest BCUT2D eigenvalue weighted by Gasteiger charge is -2.26. The third-order valence-corrected chi connectivity index (χ3v) is 6.11. The molecule has 1 rings (SSSR count). The molecular formula is C5H10S3. The van der Waals surface area contributed by atoms with Gasteiger partial charge in [-0.3, -0.25) is 0 Å². The van der Waals surface area contributed by atoms with Crippen LogP contribution in [0.5, 0.6) is 0 Å². The lowest BCUT2D eigenvalue weighted by atomic mass is 10.1. The summed E-state index contributed by atoms with van der Waals surface area (Å²) in [5, 5.41) is 0. The zero-order valence-electron chi connectivity index (χ0n) is 5.14. The molecule has 0 unspecified atom stereocenters. The van der Waals surface area contributed by atoms with E-state index in [1.807, 2.05) is 31.4 Å². The van der Waals surface area contributed by atoms with Gasteiger partial charge >= 0.3 is 0 Å². The first-order valence-electron chi connectivity index (χ1n) is 2.68. The second-order valence-corrected chi connectivity index (χ2v) is 7.38. The van der Waals surface area contributed by atoms with Gasteiger partial charge in [-0.2, -0.15) is 0 Å². The summed E-state index contributed by atoms with van der Waals surface area (Å²) in [4.78, 5) is 0. The molecule has 1 saturated heterocycles. The standard InChI is InChI=1S/C5H10S3/c1-5(2)3-4-6-8-7-5/h3-4H2,1-2H3. The Kier molecular flexibility index (Phi) is 2.47. The second kappa shape index (κ2) is 2.76. The van der Waals surface area contributed by atoms with E-state index in [9.17, 15) is 0 Å². The highest BCUT2D eigenvalue weighted by Crippen LogP contribution is 2.50. The van der Waals surface area contributed by atoms with Crippen molar-refractivity contribution in [2.75, 3.05) is 5.75 Å². The number of hydrogen-bond donors (Lipinski definition) is 0. The van der Waals surface area contributed by atoms with E-state index in [1.165, 1.54) is 12.2 Å². The molecule has 0 amide bonds. The molecule has 0 radical (unpaired) electrons. The van der Waals surface area contributed by atoms with Crippen LogP contribution in [0.1, 0.15) is 20.3 Å². The maximum atomic E-state index is 2.31. The van der Waals surface area contributed by atoms with Gasteiger partial charge in [0, 0.05) is 10.5 Å². The van der Waals surface area contributed by atoms with Crippen molar-refractivity contribution in [2.45, 2.75) is 25.0 Å². The summed E-state index contributed by atoms with van der Waals surface area (Å²) in [6, 6.07) is 0. The first-order chi connectivity index (χ1) is 3.71. The summed E-state index contributed by atoms with van der Waals surface area (Å²) in [5.74, 6) is 1.32. The van der Waals surface area contributed by atoms with Crippen molar-refractivity contribution < 1.29 is 0 Å². The van der Waals surface area contributed by atoms with Crippen molar-refractivity contribution in [1.29, 1.82) is 0 Å². The fraction of sp³-hybridized carbons (Fsp3) is 1.00. The van der Waals surface area contributed by atoms with Crippen LogP contribution in [-0.4, -0.2) is 10.5 Å². The van der Waals surface area contributed by atoms with Crippen molar-refractivity contribution in [1.82, 2.24) is 0 Å². The molecule has 48 valence electrons. The third kappa shape index (κ3) is 2.11. The van der Waals surface area contributed by atoms with Crippen LogP contribution in [0.2, 0.25) is 0 Å². The summed E-state index contributed by atoms with van der Waals surface area (Å²) < 4.78 is 0.538. The van der Waals surface area contributed by atoms with E-state index >= 15 is 0 Å². The molecule has 0 N–H and O–H groups in total. The summed E-state index contributed by atoms with van der Waals surface area (Å²) in [5.41, 5.74) is 0. The number of rotatable bonds is 0. The quantitative estimate of drug-likeness (QED) is 0.507. The molecule has 0 bridgehead atoms. The topological polar surface area (TPSA) is 0 Å². The highest BCUT2D eigenvalue weighted by molar-refractivity contribution is 9.09. The van der Waals surface area contributed by atoms with Gasteiger partial charge in [0.15, 0.2) is 0 Å². The smallest absolute Gasteiger partial charge is 0.0223 e. The third-order valence-electron chi connectivity index (χ3n) is 1.10. The molecule has 8 heavy (non-hydrogen) atoms. The fourth-order valence-corrected chi connectivity index (χ4v) is 5.79. The molecule has 0 aromatic heterocycles. The van der Waals surface area contributed by atoms with Crippen molar-refractivity contribution in [3.05, 3.63) is 0 Å². The van der Waals surface area contributed by atoms with Crippen LogP contribution in [0.15, 0.2) is 0 Å². The van der Waals surface area contributed by atoms with Crippen molar-refractivity contribution in [3.8, 4) is 0 Å². The van der Waals surface area contributed by atoms with Crippen molar-refractivity contribution in [3.63, 3.8) is 0 Å². The lowest BCUT2D eigenvalue weighted by Crippen LogP contribution is -2.15. The molecule has 1 heterocycles. The van der Waals surface area contributed by atoms with E-state index in [1.54, 1.807) is 0 Å². The Bertz CT molecular complexity index is 71.7. The Balaban J connectivity index is 2.33. The van der Waals surface area contributed by atoms with Gasteiger partial charge in [-0.15, -0.1) is 0 Å². The van der Waals surface area contributed by atoms with E-state index in [4.69, 9.17) is 0 Å². The Labute approximate surface area is 62.4 Å². The predicted octanol–water partition coefficient (Wildman–Crippen LogP) is 3.20. The fourth-order valence-electron chi connectivity index (χ4n) is 0.479. The average molecular weight is 166 g/mol. The van der Waals surface area contributed by atoms with Crippen LogP contribution in [0.3, 0.4) is 0 Å². The van der Waals surface area contributed by atoms with Gasteiger partial charge < -0.3 is 0 Å². The van der Waals surface area contributed by atoms with E-state index in [0.29, 0.717) is 4.75 Å². The van der Waals surface area contributed by atoms with Gasteiger partial charge in [0.05, 0.1) is 0 Å². The minimum absolute atomic E-state index is 0.538. The number of hydrogen-bond acceptors (Lipinski definition) is 3. The molecule has 0 spiro atoms. The monoisotopic (exact) mass is 166 g/mol. The van der Waals surface area contributed by atoms with Gasteiger partial charge in [0.25, 0.3) is 0 Å². The lowest BCUT2D eigenvalue weighted by molar-refractivity contribution is 0.696. The van der Waals surface area contributed by atoms with Crippen LogP contribution in [0, 0.1) is 0 Å². The van der Waals surface area contributed by atoms with Crippen LogP contribution >= 0.6 is 31.4 Å². The molecule has 0 aromatic rings.